The van der Waals surface area contributed by atoms with E-state index in [0.29, 0.717) is 16.9 Å². The third kappa shape index (κ3) is 2.67. The third-order valence-electron chi connectivity index (χ3n) is 5.96. The minimum absolute atomic E-state index is 0.211. The highest BCUT2D eigenvalue weighted by atomic mass is 16.2. The van der Waals surface area contributed by atoms with Crippen LogP contribution in [0.5, 0.6) is 0 Å². The van der Waals surface area contributed by atoms with Gasteiger partial charge in [0, 0.05) is 16.5 Å². The fourth-order valence-electron chi connectivity index (χ4n) is 4.14. The van der Waals surface area contributed by atoms with Gasteiger partial charge in [0.1, 0.15) is 0 Å². The van der Waals surface area contributed by atoms with Crippen LogP contribution in [-0.2, 0) is 18.3 Å². The first-order valence-electron chi connectivity index (χ1n) is 9.56. The van der Waals surface area contributed by atoms with Gasteiger partial charge in [0.25, 0.3) is 5.56 Å². The Morgan fingerprint density at radius 1 is 1.04 bits per heavy atom. The van der Waals surface area contributed by atoms with Crippen molar-refractivity contribution in [2.24, 2.45) is 0 Å². The molecule has 0 bridgehead atoms. The van der Waals surface area contributed by atoms with Crippen LogP contribution in [0.15, 0.2) is 58.1 Å². The highest BCUT2D eigenvalue weighted by Gasteiger charge is 2.37. The second-order valence-electron chi connectivity index (χ2n) is 7.59. The van der Waals surface area contributed by atoms with Crippen LogP contribution in [0.3, 0.4) is 0 Å². The number of H-pyrrole nitrogens is 1. The van der Waals surface area contributed by atoms with Gasteiger partial charge in [0.05, 0.1) is 11.4 Å². The summed E-state index contributed by atoms with van der Waals surface area (Å²) < 4.78 is 1.28. The second-order valence-corrected chi connectivity index (χ2v) is 7.59. The molecule has 1 unspecified atom stereocenters. The molecule has 0 amide bonds. The summed E-state index contributed by atoms with van der Waals surface area (Å²) in [4.78, 5) is 29.4. The summed E-state index contributed by atoms with van der Waals surface area (Å²) in [5.41, 5.74) is 4.40. The number of nitrogens with one attached hydrogen (secondary N) is 1. The monoisotopic (exact) mass is 360 g/mol. The maximum atomic E-state index is 13.5. The molecule has 0 saturated heterocycles. The van der Waals surface area contributed by atoms with Crippen molar-refractivity contribution in [3.05, 3.63) is 86.1 Å². The largest absolute Gasteiger partial charge is 0.333 e. The summed E-state index contributed by atoms with van der Waals surface area (Å²) in [6.07, 6.45) is 2.54. The molecule has 1 heterocycles. The molecule has 1 atom stereocenters. The van der Waals surface area contributed by atoms with Gasteiger partial charge in [-0.05, 0) is 42.5 Å². The smallest absolute Gasteiger partial charge is 0.306 e. The second kappa shape index (κ2) is 6.38. The maximum absolute atomic E-state index is 13.5. The van der Waals surface area contributed by atoms with Gasteiger partial charge < -0.3 is 4.98 Å². The van der Waals surface area contributed by atoms with E-state index in [4.69, 9.17) is 0 Å². The van der Waals surface area contributed by atoms with Crippen LogP contribution in [0.4, 0.5) is 0 Å². The molecule has 27 heavy (non-hydrogen) atoms. The lowest BCUT2D eigenvalue weighted by atomic mass is 9.69. The molecule has 138 valence electrons. The number of nitrogens with zero attached hydrogens (tertiary/aromatic N) is 1. The zero-order valence-electron chi connectivity index (χ0n) is 16.0. The molecule has 1 aliphatic carbocycles. The molecule has 4 nitrogen and oxygen atoms in total. The number of hydrogen-bond donors (Lipinski definition) is 1. The van der Waals surface area contributed by atoms with Crippen LogP contribution in [0, 0.1) is 0 Å². The molecule has 3 aromatic rings. The van der Waals surface area contributed by atoms with E-state index in [1.54, 1.807) is 0 Å². The summed E-state index contributed by atoms with van der Waals surface area (Å²) in [7, 11) is 0. The van der Waals surface area contributed by atoms with Crippen molar-refractivity contribution in [3.8, 4) is 16.9 Å². The zero-order chi connectivity index (χ0) is 19.2. The van der Waals surface area contributed by atoms with E-state index in [0.717, 1.165) is 24.8 Å². The van der Waals surface area contributed by atoms with E-state index in [9.17, 15) is 9.59 Å². The first kappa shape index (κ1) is 17.5. The molecule has 1 N–H and O–H groups in total. The quantitative estimate of drug-likeness (QED) is 0.768. The Kier molecular flexibility index (Phi) is 4.14. The molecule has 0 fully saturated rings. The summed E-state index contributed by atoms with van der Waals surface area (Å²) >= 11 is 0. The van der Waals surface area contributed by atoms with E-state index in [-0.39, 0.29) is 11.0 Å². The van der Waals surface area contributed by atoms with Gasteiger partial charge in [-0.15, -0.1) is 0 Å². The SMILES string of the molecule is CCc1ccc(-n2c(=O)[nH]c3c(c2=O)C(C)(CC)Cc2ccccc2-3)cc1. The summed E-state index contributed by atoms with van der Waals surface area (Å²) in [6, 6.07) is 15.7. The van der Waals surface area contributed by atoms with Crippen LogP contribution in [0.1, 0.15) is 43.9 Å². The van der Waals surface area contributed by atoms with Crippen molar-refractivity contribution in [1.82, 2.24) is 9.55 Å². The van der Waals surface area contributed by atoms with E-state index < -0.39 is 5.69 Å². The summed E-state index contributed by atoms with van der Waals surface area (Å²) in [5.74, 6) is 0. The van der Waals surface area contributed by atoms with Crippen LogP contribution in [0.2, 0.25) is 0 Å². The lowest BCUT2D eigenvalue weighted by Crippen LogP contribution is -2.44. The van der Waals surface area contributed by atoms with Crippen molar-refractivity contribution >= 4 is 0 Å². The number of aryl methyl sites for hydroxylation is 1. The van der Waals surface area contributed by atoms with E-state index in [2.05, 4.69) is 31.8 Å². The topological polar surface area (TPSA) is 54.9 Å². The van der Waals surface area contributed by atoms with Gasteiger partial charge >= 0.3 is 5.69 Å². The lowest BCUT2D eigenvalue weighted by Gasteiger charge is -2.35. The third-order valence-corrected chi connectivity index (χ3v) is 5.96. The zero-order valence-corrected chi connectivity index (χ0v) is 16.0. The molecular formula is C23H24N2O2. The number of benzene rings is 2. The van der Waals surface area contributed by atoms with Crippen molar-refractivity contribution in [2.75, 3.05) is 0 Å². The van der Waals surface area contributed by atoms with Crippen LogP contribution >= 0.6 is 0 Å². The Balaban J connectivity index is 2.03. The van der Waals surface area contributed by atoms with Gasteiger partial charge in [0.2, 0.25) is 0 Å². The highest BCUT2D eigenvalue weighted by molar-refractivity contribution is 5.71. The molecule has 1 aromatic heterocycles. The molecule has 1 aliphatic rings. The standard InChI is InChI=1S/C23H24N2O2/c1-4-15-10-12-17(13-11-15)25-21(26)19-20(24-22(25)27)18-9-7-6-8-16(18)14-23(19,3)5-2/h6-13H,4-5,14H2,1-3H3,(H,24,27). The maximum Gasteiger partial charge on any atom is 0.333 e. The summed E-state index contributed by atoms with van der Waals surface area (Å²) in [5, 5.41) is 0. The van der Waals surface area contributed by atoms with E-state index in [1.165, 1.54) is 15.7 Å². The first-order chi connectivity index (χ1) is 13.0. The molecular weight excluding hydrogens is 336 g/mol. The number of rotatable bonds is 3. The molecule has 4 heteroatoms. The lowest BCUT2D eigenvalue weighted by molar-refractivity contribution is 0.437. The minimum atomic E-state index is -0.391. The van der Waals surface area contributed by atoms with Crippen LogP contribution < -0.4 is 11.2 Å². The van der Waals surface area contributed by atoms with Gasteiger partial charge in [-0.25, -0.2) is 9.36 Å². The highest BCUT2D eigenvalue weighted by Crippen LogP contribution is 2.41. The van der Waals surface area contributed by atoms with Crippen LogP contribution in [-0.4, -0.2) is 9.55 Å². The number of hydrogen-bond acceptors (Lipinski definition) is 2. The van der Waals surface area contributed by atoms with E-state index in [1.807, 2.05) is 42.5 Å². The molecule has 0 saturated carbocycles. The minimum Gasteiger partial charge on any atom is -0.306 e. The molecule has 4 rings (SSSR count). The first-order valence-corrected chi connectivity index (χ1v) is 9.56. The van der Waals surface area contributed by atoms with Crippen molar-refractivity contribution < 1.29 is 0 Å². The Morgan fingerprint density at radius 2 is 1.74 bits per heavy atom. The Bertz CT molecular complexity index is 1120. The van der Waals surface area contributed by atoms with Gasteiger partial charge in [-0.3, -0.25) is 4.79 Å². The Labute approximate surface area is 158 Å². The van der Waals surface area contributed by atoms with E-state index >= 15 is 0 Å². The number of aromatic nitrogens is 2. The molecule has 0 spiro atoms. The van der Waals surface area contributed by atoms with Gasteiger partial charge in [-0.2, -0.15) is 0 Å². The van der Waals surface area contributed by atoms with Gasteiger partial charge in [0.15, 0.2) is 0 Å². The van der Waals surface area contributed by atoms with Crippen LogP contribution in [0.25, 0.3) is 16.9 Å². The van der Waals surface area contributed by atoms with Crippen molar-refractivity contribution in [3.63, 3.8) is 0 Å². The average molecular weight is 360 g/mol. The summed E-state index contributed by atoms with van der Waals surface area (Å²) in [6.45, 7) is 6.30. The number of aromatic amines is 1. The predicted molar refractivity (Wildman–Crippen MR) is 109 cm³/mol. The Hall–Kier alpha value is -2.88. The van der Waals surface area contributed by atoms with Crippen molar-refractivity contribution in [2.45, 2.75) is 45.4 Å². The molecule has 2 aromatic carbocycles. The predicted octanol–water partition coefficient (Wildman–Crippen LogP) is 3.98. The normalized spacial score (nSPS) is 18.0. The van der Waals surface area contributed by atoms with Gasteiger partial charge in [-0.1, -0.05) is 57.2 Å². The van der Waals surface area contributed by atoms with Crippen molar-refractivity contribution in [1.29, 1.82) is 0 Å². The fraction of sp³-hybridized carbons (Fsp3) is 0.304. The number of fused-ring (bicyclic) bond motifs is 3. The molecule has 0 aliphatic heterocycles. The Morgan fingerprint density at radius 3 is 2.41 bits per heavy atom. The fourth-order valence-corrected chi connectivity index (χ4v) is 4.14. The molecule has 0 radical (unpaired) electrons. The average Bonchev–Trinajstić information content (AvgIpc) is 2.68.